The lowest BCUT2D eigenvalue weighted by Crippen LogP contribution is -2.37. The third-order valence-electron chi connectivity index (χ3n) is 5.60. The Morgan fingerprint density at radius 1 is 0.800 bits per heavy atom. The van der Waals surface area contributed by atoms with E-state index in [0.29, 0.717) is 5.71 Å². The second kappa shape index (κ2) is 7.53. The molecule has 5 rings (SSSR count). The molecular weight excluding hydrogens is 370 g/mol. The van der Waals surface area contributed by atoms with E-state index in [1.54, 1.807) is 7.11 Å². The first-order chi connectivity index (χ1) is 14.7. The van der Waals surface area contributed by atoms with Gasteiger partial charge in [0.15, 0.2) is 0 Å². The summed E-state index contributed by atoms with van der Waals surface area (Å²) in [6.07, 6.45) is 2.12. The monoisotopic (exact) mass is 391 g/mol. The van der Waals surface area contributed by atoms with Crippen LogP contribution in [0.3, 0.4) is 0 Å². The minimum absolute atomic E-state index is 0.327. The van der Waals surface area contributed by atoms with Gasteiger partial charge >= 0.3 is 0 Å². The van der Waals surface area contributed by atoms with Crippen molar-refractivity contribution in [2.24, 2.45) is 0 Å². The van der Waals surface area contributed by atoms with E-state index in [1.165, 1.54) is 5.39 Å². The predicted molar refractivity (Wildman–Crippen MR) is 122 cm³/mol. The molecule has 0 radical (unpaired) electrons. The van der Waals surface area contributed by atoms with Gasteiger partial charge in [0.2, 0.25) is 11.8 Å². The molecule has 3 heteroatoms. The summed E-state index contributed by atoms with van der Waals surface area (Å²) in [5, 5.41) is 15.6. The number of rotatable bonds is 4. The number of hydroxylamine groups is 1. The fourth-order valence-corrected chi connectivity index (χ4v) is 4.06. The second-order valence-corrected chi connectivity index (χ2v) is 7.42. The Hall–Kier alpha value is -3.85. The molecule has 0 aliphatic carbocycles. The largest absolute Gasteiger partial charge is 0.623 e. The van der Waals surface area contributed by atoms with Crippen molar-refractivity contribution in [1.29, 1.82) is 0 Å². The van der Waals surface area contributed by atoms with Gasteiger partial charge in [-0.1, -0.05) is 66.7 Å². The summed E-state index contributed by atoms with van der Waals surface area (Å²) in [4.78, 5) is 0. The van der Waals surface area contributed by atoms with Crippen LogP contribution in [-0.4, -0.2) is 17.6 Å². The molecule has 4 aromatic carbocycles. The highest BCUT2D eigenvalue weighted by Crippen LogP contribution is 2.39. The van der Waals surface area contributed by atoms with Gasteiger partial charge in [-0.15, -0.1) is 0 Å². The number of fused-ring (bicyclic) bond motifs is 1. The molecule has 0 aromatic heterocycles. The quantitative estimate of drug-likeness (QED) is 0.317. The van der Waals surface area contributed by atoms with Crippen molar-refractivity contribution in [2.75, 3.05) is 7.11 Å². The molecule has 1 aliphatic rings. The number of hydrogen-bond acceptors (Lipinski definition) is 2. The Kier molecular flexibility index (Phi) is 4.56. The Labute approximate surface area is 175 Å². The van der Waals surface area contributed by atoms with Crippen molar-refractivity contribution < 1.29 is 9.48 Å². The molecule has 0 N–H and O–H groups in total. The summed E-state index contributed by atoms with van der Waals surface area (Å²) in [5.74, 6) is 0.774. The SMILES string of the molecule is COc1ccc(C2=[N+]([O-])C(c3ccc4ccccc4c3)/C2=C\c2ccccc2)cc1. The average Bonchev–Trinajstić information content (AvgIpc) is 2.80. The lowest BCUT2D eigenvalue weighted by atomic mass is 9.83. The molecule has 146 valence electrons. The third kappa shape index (κ3) is 3.15. The summed E-state index contributed by atoms with van der Waals surface area (Å²) in [7, 11) is 1.64. The van der Waals surface area contributed by atoms with E-state index < -0.39 is 0 Å². The molecule has 1 unspecified atom stereocenters. The van der Waals surface area contributed by atoms with Crippen LogP contribution in [0, 0.1) is 5.21 Å². The van der Waals surface area contributed by atoms with Crippen molar-refractivity contribution in [2.45, 2.75) is 6.04 Å². The molecule has 3 nitrogen and oxygen atoms in total. The number of benzene rings is 4. The van der Waals surface area contributed by atoms with Gasteiger partial charge in [0.05, 0.1) is 12.7 Å². The van der Waals surface area contributed by atoms with Gasteiger partial charge in [0.25, 0.3) is 0 Å². The fraction of sp³-hybridized carbons (Fsp3) is 0.0741. The first-order valence-electron chi connectivity index (χ1n) is 9.98. The lowest BCUT2D eigenvalue weighted by Gasteiger charge is -2.31. The van der Waals surface area contributed by atoms with Gasteiger partial charge in [0, 0.05) is 11.1 Å². The Bertz CT molecular complexity index is 1270. The zero-order valence-electron chi connectivity index (χ0n) is 16.7. The van der Waals surface area contributed by atoms with Crippen molar-refractivity contribution in [1.82, 2.24) is 0 Å². The summed E-state index contributed by atoms with van der Waals surface area (Å²) in [6.45, 7) is 0. The third-order valence-corrected chi connectivity index (χ3v) is 5.60. The molecule has 0 saturated carbocycles. The van der Waals surface area contributed by atoms with E-state index in [-0.39, 0.29) is 6.04 Å². The molecular formula is C27H21NO2. The highest BCUT2D eigenvalue weighted by atomic mass is 16.5. The zero-order chi connectivity index (χ0) is 20.5. The van der Waals surface area contributed by atoms with Crippen LogP contribution < -0.4 is 4.74 Å². The Balaban J connectivity index is 1.64. The van der Waals surface area contributed by atoms with E-state index >= 15 is 0 Å². The first kappa shape index (κ1) is 18.2. The first-order valence-corrected chi connectivity index (χ1v) is 9.98. The van der Waals surface area contributed by atoms with Gasteiger partial charge < -0.3 is 9.94 Å². The molecule has 4 aromatic rings. The van der Waals surface area contributed by atoms with Crippen molar-refractivity contribution in [3.63, 3.8) is 0 Å². The predicted octanol–water partition coefficient (Wildman–Crippen LogP) is 5.99. The molecule has 0 bridgehead atoms. The summed E-state index contributed by atoms with van der Waals surface area (Å²) in [5.41, 5.74) is 4.71. The standard InChI is InChI=1S/C27H21NO2/c1-30-24-15-13-21(14-16-24)26-25(17-19-7-3-2-4-8-19)27(28(26)29)23-12-11-20-9-5-6-10-22(20)18-23/h2-18,27H,1H3/b25-17-. The van der Waals surface area contributed by atoms with Gasteiger partial charge in [-0.25, -0.2) is 0 Å². The topological polar surface area (TPSA) is 35.3 Å². The number of nitrogens with zero attached hydrogens (tertiary/aromatic N) is 1. The van der Waals surface area contributed by atoms with Crippen LogP contribution in [0.5, 0.6) is 5.75 Å². The van der Waals surface area contributed by atoms with Crippen molar-refractivity contribution >= 4 is 22.6 Å². The molecule has 0 spiro atoms. The molecule has 30 heavy (non-hydrogen) atoms. The Morgan fingerprint density at radius 2 is 1.50 bits per heavy atom. The molecule has 1 heterocycles. The summed E-state index contributed by atoms with van der Waals surface area (Å²) in [6, 6.07) is 32.0. The number of methoxy groups -OCH3 is 1. The minimum atomic E-state index is -0.327. The highest BCUT2D eigenvalue weighted by molar-refractivity contribution is 6.15. The van der Waals surface area contributed by atoms with Crippen molar-refractivity contribution in [3.05, 3.63) is 125 Å². The van der Waals surface area contributed by atoms with Crippen LogP contribution in [-0.2, 0) is 0 Å². The zero-order valence-corrected chi connectivity index (χ0v) is 16.7. The lowest BCUT2D eigenvalue weighted by molar-refractivity contribution is -0.516. The van der Waals surface area contributed by atoms with E-state index in [4.69, 9.17) is 4.74 Å². The maximum Gasteiger partial charge on any atom is 0.229 e. The van der Waals surface area contributed by atoms with Crippen LogP contribution in [0.2, 0.25) is 0 Å². The Morgan fingerprint density at radius 3 is 2.23 bits per heavy atom. The summed E-state index contributed by atoms with van der Waals surface area (Å²) >= 11 is 0. The molecule has 0 fully saturated rings. The van der Waals surface area contributed by atoms with Gasteiger partial charge in [-0.05, 0) is 52.7 Å². The smallest absolute Gasteiger partial charge is 0.229 e. The number of ether oxygens (including phenoxy) is 1. The molecule has 1 atom stereocenters. The van der Waals surface area contributed by atoms with Gasteiger partial charge in [0.1, 0.15) is 5.75 Å². The molecule has 0 saturated heterocycles. The normalized spacial score (nSPS) is 17.2. The van der Waals surface area contributed by atoms with Crippen LogP contribution in [0.25, 0.3) is 16.8 Å². The van der Waals surface area contributed by atoms with Gasteiger partial charge in [-0.2, -0.15) is 4.74 Å². The van der Waals surface area contributed by atoms with Crippen LogP contribution >= 0.6 is 0 Å². The second-order valence-electron chi connectivity index (χ2n) is 7.42. The maximum absolute atomic E-state index is 13.3. The maximum atomic E-state index is 13.3. The van der Waals surface area contributed by atoms with E-state index in [0.717, 1.165) is 38.1 Å². The average molecular weight is 391 g/mol. The molecule has 1 aliphatic heterocycles. The highest BCUT2D eigenvalue weighted by Gasteiger charge is 2.43. The van der Waals surface area contributed by atoms with Crippen molar-refractivity contribution in [3.8, 4) is 5.75 Å². The van der Waals surface area contributed by atoms with E-state index in [2.05, 4.69) is 48.5 Å². The summed E-state index contributed by atoms with van der Waals surface area (Å²) < 4.78 is 6.39. The molecule has 0 amide bonds. The minimum Gasteiger partial charge on any atom is -0.623 e. The van der Waals surface area contributed by atoms with Crippen LogP contribution in [0.1, 0.15) is 22.7 Å². The number of hydrogen-bond donors (Lipinski definition) is 0. The van der Waals surface area contributed by atoms with E-state index in [9.17, 15) is 5.21 Å². The van der Waals surface area contributed by atoms with Crippen LogP contribution in [0.4, 0.5) is 0 Å². The van der Waals surface area contributed by atoms with Crippen LogP contribution in [0.15, 0.2) is 103 Å². The van der Waals surface area contributed by atoms with Gasteiger partial charge in [-0.3, -0.25) is 0 Å². The van der Waals surface area contributed by atoms with E-state index in [1.807, 2.05) is 54.6 Å². The fourth-order valence-electron chi connectivity index (χ4n) is 4.06.